The van der Waals surface area contributed by atoms with Crippen LogP contribution in [0.25, 0.3) is 0 Å². The van der Waals surface area contributed by atoms with Crippen molar-refractivity contribution in [1.82, 2.24) is 10.2 Å². The quantitative estimate of drug-likeness (QED) is 0.641. The minimum absolute atomic E-state index is 0.000383. The Morgan fingerprint density at radius 1 is 1.06 bits per heavy atom. The van der Waals surface area contributed by atoms with Gasteiger partial charge in [-0.05, 0) is 86.1 Å². The molecule has 2 atom stereocenters. The van der Waals surface area contributed by atoms with E-state index in [0.29, 0.717) is 17.6 Å². The number of hydrogen-bond acceptors (Lipinski definition) is 4. The van der Waals surface area contributed by atoms with Crippen molar-refractivity contribution < 1.29 is 13.9 Å². The van der Waals surface area contributed by atoms with Crippen LogP contribution in [-0.4, -0.2) is 44.8 Å². The van der Waals surface area contributed by atoms with E-state index in [1.54, 1.807) is 7.11 Å². The summed E-state index contributed by atoms with van der Waals surface area (Å²) in [4.78, 5) is 2.26. The third kappa shape index (κ3) is 5.26. The number of fused-ring (bicyclic) bond motifs is 1. The van der Waals surface area contributed by atoms with Gasteiger partial charge in [0, 0.05) is 25.1 Å². The van der Waals surface area contributed by atoms with Crippen LogP contribution in [0.2, 0.25) is 0 Å². The highest BCUT2D eigenvalue weighted by Gasteiger charge is 2.29. The number of piperidine rings is 1. The Hall–Kier alpha value is -2.11. The second-order valence-electron chi connectivity index (χ2n) is 9.87. The molecule has 5 heteroatoms. The summed E-state index contributed by atoms with van der Waals surface area (Å²) in [7, 11) is 3.66. The standard InChI is InChI=1S/C27H37FN2O2/c1-18(2)13-27(19-9-11-29-12-10-19)32-22-6-7-23-20(14-22)16-30(3)17-25(23)24-8-5-21(31-4)15-26(24)28/h5-8,14-15,18-19,25,27,29H,9-13,16-17H2,1-4H3. The van der Waals surface area contributed by atoms with Crippen LogP contribution in [0.1, 0.15) is 55.7 Å². The zero-order valence-electron chi connectivity index (χ0n) is 19.9. The Labute approximate surface area is 192 Å². The maximum absolute atomic E-state index is 14.9. The minimum atomic E-state index is -0.209. The van der Waals surface area contributed by atoms with E-state index < -0.39 is 0 Å². The molecule has 0 bridgehead atoms. The van der Waals surface area contributed by atoms with Gasteiger partial charge in [-0.2, -0.15) is 0 Å². The summed E-state index contributed by atoms with van der Waals surface area (Å²) in [6.45, 7) is 8.34. The molecule has 32 heavy (non-hydrogen) atoms. The average Bonchev–Trinajstić information content (AvgIpc) is 2.78. The maximum Gasteiger partial charge on any atom is 0.130 e. The molecule has 2 aliphatic heterocycles. The van der Waals surface area contributed by atoms with Crippen LogP contribution in [0.4, 0.5) is 4.39 Å². The van der Waals surface area contributed by atoms with Crippen molar-refractivity contribution in [3.8, 4) is 11.5 Å². The van der Waals surface area contributed by atoms with Crippen molar-refractivity contribution >= 4 is 0 Å². The lowest BCUT2D eigenvalue weighted by atomic mass is 9.84. The molecule has 4 rings (SSSR count). The van der Waals surface area contributed by atoms with E-state index in [2.05, 4.69) is 49.3 Å². The van der Waals surface area contributed by atoms with Gasteiger partial charge in [0.2, 0.25) is 0 Å². The fourth-order valence-electron chi connectivity index (χ4n) is 5.27. The first-order valence-corrected chi connectivity index (χ1v) is 12.0. The van der Waals surface area contributed by atoms with E-state index in [4.69, 9.17) is 9.47 Å². The number of nitrogens with one attached hydrogen (secondary N) is 1. The van der Waals surface area contributed by atoms with Crippen molar-refractivity contribution in [2.24, 2.45) is 11.8 Å². The third-order valence-electron chi connectivity index (χ3n) is 6.91. The highest BCUT2D eigenvalue weighted by atomic mass is 19.1. The van der Waals surface area contributed by atoms with Gasteiger partial charge < -0.3 is 19.7 Å². The molecule has 2 unspecified atom stereocenters. The molecular weight excluding hydrogens is 403 g/mol. The Morgan fingerprint density at radius 3 is 2.47 bits per heavy atom. The first-order valence-electron chi connectivity index (χ1n) is 12.0. The first kappa shape index (κ1) is 23.1. The lowest BCUT2D eigenvalue weighted by molar-refractivity contribution is 0.0919. The second-order valence-corrected chi connectivity index (χ2v) is 9.87. The van der Waals surface area contributed by atoms with Gasteiger partial charge in [-0.1, -0.05) is 26.0 Å². The lowest BCUT2D eigenvalue weighted by Crippen LogP contribution is -2.37. The number of rotatable bonds is 7. The molecule has 1 saturated heterocycles. The highest BCUT2D eigenvalue weighted by molar-refractivity contribution is 5.45. The van der Waals surface area contributed by atoms with Crippen molar-refractivity contribution in [2.45, 2.75) is 51.7 Å². The molecule has 0 spiro atoms. The average molecular weight is 441 g/mol. The molecular formula is C27H37FN2O2. The summed E-state index contributed by atoms with van der Waals surface area (Å²) in [5, 5.41) is 3.47. The molecule has 2 aromatic rings. The fourth-order valence-corrected chi connectivity index (χ4v) is 5.27. The predicted octanol–water partition coefficient (Wildman–Crippen LogP) is 5.20. The largest absolute Gasteiger partial charge is 0.497 e. The van der Waals surface area contributed by atoms with E-state index in [-0.39, 0.29) is 17.8 Å². The number of hydrogen-bond donors (Lipinski definition) is 1. The van der Waals surface area contributed by atoms with Gasteiger partial charge in [-0.3, -0.25) is 0 Å². The monoisotopic (exact) mass is 440 g/mol. The number of methoxy groups -OCH3 is 1. The van der Waals surface area contributed by atoms with Gasteiger partial charge in [0.1, 0.15) is 23.4 Å². The van der Waals surface area contributed by atoms with Gasteiger partial charge in [0.15, 0.2) is 0 Å². The fraction of sp³-hybridized carbons (Fsp3) is 0.556. The van der Waals surface area contributed by atoms with E-state index in [1.165, 1.54) is 30.0 Å². The Morgan fingerprint density at radius 2 is 1.78 bits per heavy atom. The number of halogens is 1. The van der Waals surface area contributed by atoms with Gasteiger partial charge in [0.25, 0.3) is 0 Å². The summed E-state index contributed by atoms with van der Waals surface area (Å²) in [6, 6.07) is 11.6. The maximum atomic E-state index is 14.9. The number of benzene rings is 2. The molecule has 0 aromatic heterocycles. The smallest absolute Gasteiger partial charge is 0.130 e. The SMILES string of the molecule is COc1ccc(C2CN(C)Cc3cc(OC(CC(C)C)C4CCNCC4)ccc32)c(F)c1. The van der Waals surface area contributed by atoms with Crippen LogP contribution in [-0.2, 0) is 6.54 Å². The molecule has 1 fully saturated rings. The molecule has 0 radical (unpaired) electrons. The number of ether oxygens (including phenoxy) is 2. The predicted molar refractivity (Wildman–Crippen MR) is 127 cm³/mol. The third-order valence-corrected chi connectivity index (χ3v) is 6.91. The molecule has 2 aliphatic rings. The van der Waals surface area contributed by atoms with Gasteiger partial charge in [-0.25, -0.2) is 4.39 Å². The Kier molecular flexibility index (Phi) is 7.37. The van der Waals surface area contributed by atoms with Crippen LogP contribution in [0.15, 0.2) is 36.4 Å². The van der Waals surface area contributed by atoms with Gasteiger partial charge >= 0.3 is 0 Å². The van der Waals surface area contributed by atoms with Gasteiger partial charge in [0.05, 0.1) is 7.11 Å². The molecule has 4 nitrogen and oxygen atoms in total. The molecule has 174 valence electrons. The van der Waals surface area contributed by atoms with Crippen molar-refractivity contribution in [2.75, 3.05) is 33.8 Å². The first-order chi connectivity index (χ1) is 15.4. The van der Waals surface area contributed by atoms with Crippen molar-refractivity contribution in [3.63, 3.8) is 0 Å². The van der Waals surface area contributed by atoms with Gasteiger partial charge in [-0.15, -0.1) is 0 Å². The van der Waals surface area contributed by atoms with E-state index in [9.17, 15) is 4.39 Å². The molecule has 0 aliphatic carbocycles. The Balaban J connectivity index is 1.59. The molecule has 2 heterocycles. The van der Waals surface area contributed by atoms with Crippen LogP contribution in [0.5, 0.6) is 11.5 Å². The second kappa shape index (κ2) is 10.2. The van der Waals surface area contributed by atoms with Crippen LogP contribution in [0.3, 0.4) is 0 Å². The minimum Gasteiger partial charge on any atom is -0.497 e. The summed E-state index contributed by atoms with van der Waals surface area (Å²) in [5.74, 6) is 2.48. The number of nitrogens with zero attached hydrogens (tertiary/aromatic N) is 1. The molecule has 2 aromatic carbocycles. The highest BCUT2D eigenvalue weighted by Crippen LogP contribution is 2.37. The number of likely N-dealkylation sites (N-methyl/N-ethyl adjacent to an activating group) is 1. The van der Waals surface area contributed by atoms with Crippen LogP contribution >= 0.6 is 0 Å². The summed E-state index contributed by atoms with van der Waals surface area (Å²) < 4.78 is 26.7. The zero-order valence-corrected chi connectivity index (χ0v) is 19.9. The van der Waals surface area contributed by atoms with Crippen LogP contribution < -0.4 is 14.8 Å². The molecule has 0 amide bonds. The van der Waals surface area contributed by atoms with E-state index in [1.807, 2.05) is 12.1 Å². The van der Waals surface area contributed by atoms with E-state index >= 15 is 0 Å². The van der Waals surface area contributed by atoms with Crippen molar-refractivity contribution in [1.29, 1.82) is 0 Å². The zero-order chi connectivity index (χ0) is 22.7. The van der Waals surface area contributed by atoms with E-state index in [0.717, 1.165) is 43.9 Å². The topological polar surface area (TPSA) is 33.7 Å². The van der Waals surface area contributed by atoms with Crippen LogP contribution in [0, 0.1) is 17.7 Å². The summed E-state index contributed by atoms with van der Waals surface area (Å²) in [6.07, 6.45) is 3.65. The lowest BCUT2D eigenvalue weighted by Gasteiger charge is -2.34. The molecule has 1 N–H and O–H groups in total. The molecule has 0 saturated carbocycles. The normalized spacial score (nSPS) is 20.8. The Bertz CT molecular complexity index is 911. The summed E-state index contributed by atoms with van der Waals surface area (Å²) in [5.41, 5.74) is 3.14. The van der Waals surface area contributed by atoms with Crippen molar-refractivity contribution in [3.05, 3.63) is 58.9 Å². The summed E-state index contributed by atoms with van der Waals surface area (Å²) >= 11 is 0.